The van der Waals surface area contributed by atoms with Crippen molar-refractivity contribution in [3.63, 3.8) is 0 Å². The van der Waals surface area contributed by atoms with E-state index in [1.165, 1.54) is 0 Å². The van der Waals surface area contributed by atoms with Crippen molar-refractivity contribution in [2.75, 3.05) is 0 Å². The zero-order valence-corrected chi connectivity index (χ0v) is 13.6. The number of benzene rings is 1. The smallest absolute Gasteiger partial charge is 0.149 e. The van der Waals surface area contributed by atoms with Crippen molar-refractivity contribution in [3.05, 3.63) is 33.0 Å². The van der Waals surface area contributed by atoms with Crippen LogP contribution in [0.5, 0.6) is 0 Å². The first-order valence-electron chi connectivity index (χ1n) is 6.74. The van der Waals surface area contributed by atoms with Crippen molar-refractivity contribution in [1.29, 1.82) is 0 Å². The summed E-state index contributed by atoms with van der Waals surface area (Å²) in [4.78, 5) is 0. The molecule has 0 spiro atoms. The molecule has 1 fully saturated rings. The van der Waals surface area contributed by atoms with Crippen LogP contribution < -0.4 is 0 Å². The summed E-state index contributed by atoms with van der Waals surface area (Å²) in [5.41, 5.74) is -0.750. The van der Waals surface area contributed by atoms with Crippen LogP contribution in [0.2, 0.25) is 5.02 Å². The Labute approximate surface area is 127 Å². The van der Waals surface area contributed by atoms with Crippen LogP contribution in [-0.4, -0.2) is 5.11 Å². The summed E-state index contributed by atoms with van der Waals surface area (Å²) in [5, 5.41) is 11.1. The maximum atomic E-state index is 14.4. The van der Waals surface area contributed by atoms with Gasteiger partial charge in [-0.25, -0.2) is 4.39 Å². The van der Waals surface area contributed by atoms with Crippen molar-refractivity contribution in [1.82, 2.24) is 0 Å². The molecular formula is C15H19BrClFO. The number of halogens is 3. The van der Waals surface area contributed by atoms with E-state index in [1.54, 1.807) is 12.1 Å². The molecule has 1 saturated carbocycles. The van der Waals surface area contributed by atoms with Crippen LogP contribution in [0, 0.1) is 17.7 Å². The maximum absolute atomic E-state index is 14.4. The van der Waals surface area contributed by atoms with E-state index >= 15 is 0 Å². The van der Waals surface area contributed by atoms with Gasteiger partial charge in [0.15, 0.2) is 0 Å². The van der Waals surface area contributed by atoms with Crippen LogP contribution in [0.15, 0.2) is 16.6 Å². The highest BCUT2D eigenvalue weighted by Crippen LogP contribution is 2.47. The first kappa shape index (κ1) is 15.3. The Morgan fingerprint density at radius 2 is 2.11 bits per heavy atom. The molecule has 0 aromatic heterocycles. The van der Waals surface area contributed by atoms with Gasteiger partial charge < -0.3 is 5.11 Å². The fourth-order valence-corrected chi connectivity index (χ4v) is 3.73. The van der Waals surface area contributed by atoms with Crippen LogP contribution >= 0.6 is 27.5 Å². The largest absolute Gasteiger partial charge is 0.385 e. The van der Waals surface area contributed by atoms with Gasteiger partial charge in [0, 0.05) is 10.0 Å². The van der Waals surface area contributed by atoms with E-state index in [0.717, 1.165) is 19.3 Å². The van der Waals surface area contributed by atoms with Gasteiger partial charge in [0.25, 0.3) is 0 Å². The summed E-state index contributed by atoms with van der Waals surface area (Å²) >= 11 is 9.17. The Balaban J connectivity index is 2.51. The van der Waals surface area contributed by atoms with Crippen molar-refractivity contribution in [3.8, 4) is 0 Å². The lowest BCUT2D eigenvalue weighted by atomic mass is 9.67. The van der Waals surface area contributed by atoms with Gasteiger partial charge in [-0.2, -0.15) is 0 Å². The van der Waals surface area contributed by atoms with Crippen molar-refractivity contribution in [2.24, 2.45) is 11.8 Å². The molecule has 1 aliphatic rings. The fraction of sp³-hybridized carbons (Fsp3) is 0.600. The minimum absolute atomic E-state index is 0.0546. The number of rotatable bonds is 2. The molecule has 0 radical (unpaired) electrons. The quantitative estimate of drug-likeness (QED) is 0.721. The molecule has 0 heterocycles. The SMILES string of the molecule is CC(C)C1CCCCC1(O)c1ccc(Br)c(Cl)c1F. The summed E-state index contributed by atoms with van der Waals surface area (Å²) in [5.74, 6) is -0.105. The Morgan fingerprint density at radius 3 is 2.74 bits per heavy atom. The molecule has 0 aliphatic heterocycles. The molecule has 2 unspecified atom stereocenters. The first-order chi connectivity index (χ1) is 8.88. The van der Waals surface area contributed by atoms with Crippen LogP contribution in [0.4, 0.5) is 4.39 Å². The number of hydrogen-bond donors (Lipinski definition) is 1. The Bertz CT molecular complexity index is 477. The molecule has 19 heavy (non-hydrogen) atoms. The minimum atomic E-state index is -1.10. The highest BCUT2D eigenvalue weighted by atomic mass is 79.9. The van der Waals surface area contributed by atoms with Crippen LogP contribution in [0.3, 0.4) is 0 Å². The highest BCUT2D eigenvalue weighted by Gasteiger charge is 2.43. The molecule has 1 aliphatic carbocycles. The molecule has 1 N–H and O–H groups in total. The monoisotopic (exact) mass is 348 g/mol. The fourth-order valence-electron chi connectivity index (χ4n) is 3.26. The van der Waals surface area contributed by atoms with Gasteiger partial charge in [-0.1, -0.05) is 44.4 Å². The van der Waals surface area contributed by atoms with Crippen LogP contribution in [0.1, 0.15) is 45.1 Å². The van der Waals surface area contributed by atoms with Crippen LogP contribution in [-0.2, 0) is 5.60 Å². The molecular weight excluding hydrogens is 331 g/mol. The van der Waals surface area contributed by atoms with E-state index < -0.39 is 11.4 Å². The van der Waals surface area contributed by atoms with Gasteiger partial charge in [-0.15, -0.1) is 0 Å². The van der Waals surface area contributed by atoms with Gasteiger partial charge in [0.2, 0.25) is 0 Å². The Hall–Kier alpha value is -0.120. The predicted molar refractivity (Wildman–Crippen MR) is 79.8 cm³/mol. The molecule has 0 amide bonds. The van der Waals surface area contributed by atoms with E-state index in [9.17, 15) is 9.50 Å². The predicted octanol–water partition coefficient (Wildman–Crippen LogP) is 5.28. The molecule has 1 nitrogen and oxygen atoms in total. The van der Waals surface area contributed by atoms with Gasteiger partial charge in [0.05, 0.1) is 10.6 Å². The lowest BCUT2D eigenvalue weighted by Crippen LogP contribution is -2.41. The molecule has 2 atom stereocenters. The second-order valence-corrected chi connectivity index (χ2v) is 6.98. The summed E-state index contributed by atoms with van der Waals surface area (Å²) < 4.78 is 14.9. The van der Waals surface area contributed by atoms with E-state index in [4.69, 9.17) is 11.6 Å². The minimum Gasteiger partial charge on any atom is -0.385 e. The summed E-state index contributed by atoms with van der Waals surface area (Å²) in [6.45, 7) is 4.17. The van der Waals surface area contributed by atoms with Gasteiger partial charge in [-0.05, 0) is 46.7 Å². The zero-order valence-electron chi connectivity index (χ0n) is 11.2. The maximum Gasteiger partial charge on any atom is 0.149 e. The zero-order chi connectivity index (χ0) is 14.2. The third-order valence-corrected chi connectivity index (χ3v) is 5.50. The van der Waals surface area contributed by atoms with Crippen molar-refractivity contribution in [2.45, 2.75) is 45.1 Å². The molecule has 1 aromatic rings. The lowest BCUT2D eigenvalue weighted by molar-refractivity contribution is -0.0745. The summed E-state index contributed by atoms with van der Waals surface area (Å²) in [6.07, 6.45) is 3.55. The summed E-state index contributed by atoms with van der Waals surface area (Å²) in [7, 11) is 0. The molecule has 1 aromatic carbocycles. The Morgan fingerprint density at radius 1 is 1.42 bits per heavy atom. The standard InChI is InChI=1S/C15H19BrClFO/c1-9(2)10-5-3-4-8-15(10,19)11-6-7-12(16)13(17)14(11)18/h6-7,9-10,19H,3-5,8H2,1-2H3. The Kier molecular flexibility index (Phi) is 4.59. The van der Waals surface area contributed by atoms with Crippen molar-refractivity contribution >= 4 is 27.5 Å². The average Bonchev–Trinajstić information content (AvgIpc) is 2.36. The number of aliphatic hydroxyl groups is 1. The molecule has 0 saturated heterocycles. The van der Waals surface area contributed by atoms with E-state index in [2.05, 4.69) is 29.8 Å². The molecule has 106 valence electrons. The third kappa shape index (κ3) is 2.70. The topological polar surface area (TPSA) is 20.2 Å². The van der Waals surface area contributed by atoms with Gasteiger partial charge in [0.1, 0.15) is 5.82 Å². The van der Waals surface area contributed by atoms with E-state index in [1.807, 2.05) is 0 Å². The van der Waals surface area contributed by atoms with E-state index in [0.29, 0.717) is 22.4 Å². The van der Waals surface area contributed by atoms with Gasteiger partial charge >= 0.3 is 0 Å². The highest BCUT2D eigenvalue weighted by molar-refractivity contribution is 9.10. The lowest BCUT2D eigenvalue weighted by Gasteiger charge is -2.43. The molecule has 0 bridgehead atoms. The number of hydrogen-bond acceptors (Lipinski definition) is 1. The molecule has 2 rings (SSSR count). The van der Waals surface area contributed by atoms with E-state index in [-0.39, 0.29) is 10.9 Å². The van der Waals surface area contributed by atoms with Crippen molar-refractivity contribution < 1.29 is 9.50 Å². The second-order valence-electron chi connectivity index (χ2n) is 5.74. The van der Waals surface area contributed by atoms with Gasteiger partial charge in [-0.3, -0.25) is 0 Å². The third-order valence-electron chi connectivity index (χ3n) is 4.24. The average molecular weight is 350 g/mol. The first-order valence-corrected chi connectivity index (χ1v) is 7.91. The second kappa shape index (κ2) is 5.71. The van der Waals surface area contributed by atoms with Crippen LogP contribution in [0.25, 0.3) is 0 Å². The molecule has 4 heteroatoms. The summed E-state index contributed by atoms with van der Waals surface area (Å²) in [6, 6.07) is 3.37. The normalized spacial score (nSPS) is 27.8.